The summed E-state index contributed by atoms with van der Waals surface area (Å²) in [7, 11) is 0. The molecule has 0 heterocycles. The normalized spacial score (nSPS) is 12.3. The fraction of sp³-hybridized carbons (Fsp3) is 0.750. The van der Waals surface area contributed by atoms with Gasteiger partial charge in [-0.1, -0.05) is 11.6 Å². The molecule has 0 aromatic heterocycles. The van der Waals surface area contributed by atoms with Crippen LogP contribution in [0, 0.1) is 0 Å². The van der Waals surface area contributed by atoms with Gasteiger partial charge in [0.15, 0.2) is 12.4 Å². The Morgan fingerprint density at radius 3 is 2.78 bits per heavy atom. The van der Waals surface area contributed by atoms with Gasteiger partial charge in [-0.25, -0.2) is 4.79 Å². The summed E-state index contributed by atoms with van der Waals surface area (Å²) in [5.41, 5.74) is -0.732. The van der Waals surface area contributed by atoms with Gasteiger partial charge in [0, 0.05) is 0 Å². The average Bonchev–Trinajstić information content (AvgIpc) is 1.63. The van der Waals surface area contributed by atoms with Crippen LogP contribution in [-0.2, 0) is 9.47 Å². The van der Waals surface area contributed by atoms with E-state index in [0.29, 0.717) is 0 Å². The Hall–Kier alpha value is -0.480. The van der Waals surface area contributed by atoms with E-state index in [1.165, 1.54) is 6.92 Å². The molecule has 0 bridgehead atoms. The van der Waals surface area contributed by atoms with Crippen LogP contribution in [0.25, 0.3) is 0 Å². The standard InChI is InChI=1S/C4H7ClO4/c1-3(5)9-4(7)8-2-6/h3,6H,2H2,1H3. The van der Waals surface area contributed by atoms with E-state index in [2.05, 4.69) is 9.47 Å². The van der Waals surface area contributed by atoms with Crippen molar-refractivity contribution in [3.8, 4) is 0 Å². The molecule has 0 aliphatic carbocycles. The molecule has 0 saturated carbocycles. The predicted molar refractivity (Wildman–Crippen MR) is 30.0 cm³/mol. The largest absolute Gasteiger partial charge is 0.511 e. The molecule has 54 valence electrons. The van der Waals surface area contributed by atoms with Gasteiger partial charge in [-0.3, -0.25) is 0 Å². The summed E-state index contributed by atoms with van der Waals surface area (Å²) in [4.78, 5) is 10.2. The van der Waals surface area contributed by atoms with Gasteiger partial charge in [0.2, 0.25) is 0 Å². The van der Waals surface area contributed by atoms with Crippen LogP contribution in [0.2, 0.25) is 0 Å². The van der Waals surface area contributed by atoms with Crippen LogP contribution in [0.3, 0.4) is 0 Å². The second kappa shape index (κ2) is 4.40. The number of rotatable bonds is 2. The Labute approximate surface area is 57.3 Å². The molecule has 0 aliphatic heterocycles. The Bertz CT molecular complexity index is 92.6. The second-order valence-corrected chi connectivity index (χ2v) is 1.80. The molecule has 9 heavy (non-hydrogen) atoms. The molecule has 0 aromatic rings. The summed E-state index contributed by atoms with van der Waals surface area (Å²) < 4.78 is 8.20. The molecular formula is C4H7ClO4. The molecule has 1 N–H and O–H groups in total. The minimum Gasteiger partial charge on any atom is -0.415 e. The molecule has 1 unspecified atom stereocenters. The summed E-state index contributed by atoms with van der Waals surface area (Å²) in [6.45, 7) is 0.767. The summed E-state index contributed by atoms with van der Waals surface area (Å²) in [6.07, 6.45) is -0.972. The summed E-state index contributed by atoms with van der Waals surface area (Å²) in [6, 6.07) is 0. The lowest BCUT2D eigenvalue weighted by Crippen LogP contribution is -2.11. The highest BCUT2D eigenvalue weighted by molar-refractivity contribution is 6.19. The highest BCUT2D eigenvalue weighted by atomic mass is 35.5. The zero-order valence-corrected chi connectivity index (χ0v) is 5.59. The van der Waals surface area contributed by atoms with Crippen LogP contribution in [0.5, 0.6) is 0 Å². The maximum absolute atomic E-state index is 10.2. The quantitative estimate of drug-likeness (QED) is 0.361. The third kappa shape index (κ3) is 5.39. The molecule has 0 radical (unpaired) electrons. The number of alkyl halides is 1. The Morgan fingerprint density at radius 1 is 1.89 bits per heavy atom. The first-order chi connectivity index (χ1) is 4.16. The van der Waals surface area contributed by atoms with Gasteiger partial charge < -0.3 is 14.6 Å². The summed E-state index contributed by atoms with van der Waals surface area (Å²) >= 11 is 5.20. The fourth-order valence-electron chi connectivity index (χ4n) is 0.219. The second-order valence-electron chi connectivity index (χ2n) is 1.18. The highest BCUT2D eigenvalue weighted by Crippen LogP contribution is 1.97. The molecule has 5 heteroatoms. The van der Waals surface area contributed by atoms with E-state index in [9.17, 15) is 4.79 Å². The van der Waals surface area contributed by atoms with Crippen LogP contribution in [-0.4, -0.2) is 23.6 Å². The van der Waals surface area contributed by atoms with Crippen LogP contribution in [0.1, 0.15) is 6.92 Å². The Kier molecular flexibility index (Phi) is 4.17. The van der Waals surface area contributed by atoms with E-state index in [0.717, 1.165) is 0 Å². The zero-order chi connectivity index (χ0) is 7.28. The summed E-state index contributed by atoms with van der Waals surface area (Å²) in [5.74, 6) is 0. The molecule has 0 aromatic carbocycles. The summed E-state index contributed by atoms with van der Waals surface area (Å²) in [5, 5.41) is 7.98. The first kappa shape index (κ1) is 8.52. The third-order valence-electron chi connectivity index (χ3n) is 0.441. The number of hydrogen-bond donors (Lipinski definition) is 1. The van der Waals surface area contributed by atoms with E-state index in [-0.39, 0.29) is 0 Å². The van der Waals surface area contributed by atoms with E-state index in [4.69, 9.17) is 16.7 Å². The molecule has 0 spiro atoms. The topological polar surface area (TPSA) is 55.8 Å². The fourth-order valence-corrected chi connectivity index (χ4v) is 0.292. The third-order valence-corrected chi connectivity index (χ3v) is 0.530. The maximum atomic E-state index is 10.2. The number of carbonyl (C=O) groups is 1. The van der Waals surface area contributed by atoms with E-state index < -0.39 is 18.5 Å². The van der Waals surface area contributed by atoms with Gasteiger partial charge >= 0.3 is 6.16 Å². The van der Waals surface area contributed by atoms with Crippen molar-refractivity contribution in [2.45, 2.75) is 12.5 Å². The molecule has 0 aliphatic rings. The number of carbonyl (C=O) groups excluding carboxylic acids is 1. The smallest absolute Gasteiger partial charge is 0.415 e. The monoisotopic (exact) mass is 154 g/mol. The highest BCUT2D eigenvalue weighted by Gasteiger charge is 2.05. The molecular weight excluding hydrogens is 147 g/mol. The number of halogens is 1. The maximum Gasteiger partial charge on any atom is 0.511 e. The number of hydrogen-bond acceptors (Lipinski definition) is 4. The van der Waals surface area contributed by atoms with Gasteiger partial charge in [-0.2, -0.15) is 0 Å². The van der Waals surface area contributed by atoms with Crippen LogP contribution in [0.15, 0.2) is 0 Å². The molecule has 4 nitrogen and oxygen atoms in total. The van der Waals surface area contributed by atoms with E-state index in [1.54, 1.807) is 0 Å². The molecule has 0 amide bonds. The van der Waals surface area contributed by atoms with Crippen molar-refractivity contribution < 1.29 is 19.4 Å². The van der Waals surface area contributed by atoms with E-state index >= 15 is 0 Å². The Morgan fingerprint density at radius 2 is 2.44 bits per heavy atom. The van der Waals surface area contributed by atoms with Gasteiger partial charge in [0.1, 0.15) is 0 Å². The van der Waals surface area contributed by atoms with Gasteiger partial charge in [-0.05, 0) is 6.92 Å². The van der Waals surface area contributed by atoms with Crippen molar-refractivity contribution in [3.63, 3.8) is 0 Å². The first-order valence-corrected chi connectivity index (χ1v) is 2.68. The van der Waals surface area contributed by atoms with Crippen molar-refractivity contribution >= 4 is 17.8 Å². The number of aliphatic hydroxyl groups is 1. The van der Waals surface area contributed by atoms with Crippen molar-refractivity contribution in [1.82, 2.24) is 0 Å². The molecule has 0 saturated heterocycles. The van der Waals surface area contributed by atoms with Crippen molar-refractivity contribution in [1.29, 1.82) is 0 Å². The predicted octanol–water partition coefficient (Wildman–Crippen LogP) is 0.674. The zero-order valence-electron chi connectivity index (χ0n) is 4.83. The number of aliphatic hydroxyl groups excluding tert-OH is 1. The number of ether oxygens (including phenoxy) is 2. The van der Waals surface area contributed by atoms with Gasteiger partial charge in [0.25, 0.3) is 0 Å². The van der Waals surface area contributed by atoms with Crippen molar-refractivity contribution in [2.75, 3.05) is 6.79 Å². The van der Waals surface area contributed by atoms with Crippen molar-refractivity contribution in [2.24, 2.45) is 0 Å². The van der Waals surface area contributed by atoms with Crippen molar-refractivity contribution in [3.05, 3.63) is 0 Å². The van der Waals surface area contributed by atoms with Crippen LogP contribution >= 0.6 is 11.6 Å². The SMILES string of the molecule is CC(Cl)OC(=O)OCO. The van der Waals surface area contributed by atoms with Gasteiger partial charge in [0.05, 0.1) is 0 Å². The Balaban J connectivity index is 3.27. The molecule has 0 fully saturated rings. The van der Waals surface area contributed by atoms with Crippen LogP contribution in [0.4, 0.5) is 4.79 Å². The minimum absolute atomic E-state index is 0.692. The van der Waals surface area contributed by atoms with Gasteiger partial charge in [-0.15, -0.1) is 0 Å². The minimum atomic E-state index is -0.972. The van der Waals surface area contributed by atoms with E-state index in [1.807, 2.05) is 0 Å². The lowest BCUT2D eigenvalue weighted by atomic mass is 10.9. The lowest BCUT2D eigenvalue weighted by molar-refractivity contribution is -0.00875. The first-order valence-electron chi connectivity index (χ1n) is 2.25. The lowest BCUT2D eigenvalue weighted by Gasteiger charge is -2.03. The average molecular weight is 155 g/mol. The van der Waals surface area contributed by atoms with Crippen LogP contribution < -0.4 is 0 Å². The molecule has 0 rings (SSSR count). The molecule has 1 atom stereocenters.